The molecule has 1 unspecified atom stereocenters. The number of unbranched alkanes of at least 4 members (excludes halogenated alkanes) is 1. The summed E-state index contributed by atoms with van der Waals surface area (Å²) in [5, 5.41) is 15.6. The number of nitrogens with one attached hydrogen (secondary N) is 2. The second-order valence-corrected chi connectivity index (χ2v) is 9.77. The van der Waals surface area contributed by atoms with Crippen LogP contribution in [0.3, 0.4) is 0 Å². The number of alkyl halides is 2. The number of aliphatic carboxylic acids is 1. The number of carboxylic acid groups (broad SMARTS) is 1. The van der Waals surface area contributed by atoms with Gasteiger partial charge in [0.1, 0.15) is 18.0 Å². The zero-order valence-electron chi connectivity index (χ0n) is 22.0. The Hall–Kier alpha value is -2.53. The van der Waals surface area contributed by atoms with Gasteiger partial charge in [-0.15, -0.1) is 0 Å². The van der Waals surface area contributed by atoms with E-state index in [2.05, 4.69) is 22.8 Å². The molecule has 1 aromatic rings. The van der Waals surface area contributed by atoms with E-state index in [0.29, 0.717) is 32.7 Å². The standard InChI is InChI=1S/C26H41F2N5O4/c1-3-33(4-2)25(36)31-21(24(34)35)12-15-32(16-17-37-22-18-26(22,27)28)14-6-5-9-20-11-10-19-8-7-13-29-23(19)30-20/h10-11,21-22H,3-9,12-18H2,1-2H3,(H,29,30)(H,31,36)(H,34,35)/t21-,22?/m0/s1. The Morgan fingerprint density at radius 3 is 2.68 bits per heavy atom. The van der Waals surface area contributed by atoms with Crippen LogP contribution >= 0.6 is 0 Å². The van der Waals surface area contributed by atoms with E-state index < -0.39 is 30.1 Å². The van der Waals surface area contributed by atoms with Crippen molar-refractivity contribution >= 4 is 17.8 Å². The van der Waals surface area contributed by atoms with Crippen molar-refractivity contribution in [1.82, 2.24) is 20.1 Å². The molecule has 1 fully saturated rings. The van der Waals surface area contributed by atoms with Crippen LogP contribution in [-0.2, 0) is 22.4 Å². The van der Waals surface area contributed by atoms with E-state index in [1.54, 1.807) is 0 Å². The molecular weight excluding hydrogens is 484 g/mol. The second kappa shape index (κ2) is 13.9. The van der Waals surface area contributed by atoms with Crippen molar-refractivity contribution in [2.24, 2.45) is 0 Å². The number of hydrogen-bond donors (Lipinski definition) is 3. The number of nitrogens with zero attached hydrogens (tertiary/aromatic N) is 3. The van der Waals surface area contributed by atoms with Gasteiger partial charge in [-0.25, -0.2) is 23.4 Å². The molecule has 0 aromatic carbocycles. The van der Waals surface area contributed by atoms with Crippen LogP contribution in [0.4, 0.5) is 19.4 Å². The molecule has 3 rings (SSSR count). The number of carboxylic acids is 1. The molecule has 37 heavy (non-hydrogen) atoms. The lowest BCUT2D eigenvalue weighted by Crippen LogP contribution is -2.49. The first kappa shape index (κ1) is 29.0. The van der Waals surface area contributed by atoms with Gasteiger partial charge in [-0.2, -0.15) is 0 Å². The van der Waals surface area contributed by atoms with Crippen molar-refractivity contribution in [3.05, 3.63) is 23.4 Å². The molecule has 2 aliphatic rings. The highest BCUT2D eigenvalue weighted by Crippen LogP contribution is 2.44. The molecule has 3 N–H and O–H groups in total. The third-order valence-corrected chi connectivity index (χ3v) is 6.98. The third kappa shape index (κ3) is 9.07. The number of carbonyl (C=O) groups is 2. The van der Waals surface area contributed by atoms with Crippen LogP contribution in [0, 0.1) is 0 Å². The molecule has 0 spiro atoms. The average molecular weight is 526 g/mol. The number of carbonyl (C=O) groups excluding carboxylic acids is 1. The summed E-state index contributed by atoms with van der Waals surface area (Å²) in [6, 6.07) is 2.77. The maximum atomic E-state index is 13.2. The number of aryl methyl sites for hydroxylation is 2. The lowest BCUT2D eigenvalue weighted by Gasteiger charge is -2.26. The Labute approximate surface area is 217 Å². The van der Waals surface area contributed by atoms with Gasteiger partial charge in [0.05, 0.1) is 6.61 Å². The highest BCUT2D eigenvalue weighted by atomic mass is 19.3. The van der Waals surface area contributed by atoms with Crippen LogP contribution in [0.2, 0.25) is 0 Å². The second-order valence-electron chi connectivity index (χ2n) is 9.77. The number of halogens is 2. The molecule has 1 aliphatic heterocycles. The molecule has 9 nitrogen and oxygen atoms in total. The number of pyridine rings is 1. The van der Waals surface area contributed by atoms with E-state index >= 15 is 0 Å². The van der Waals surface area contributed by atoms with Gasteiger partial charge in [0.2, 0.25) is 0 Å². The Bertz CT molecular complexity index is 900. The molecule has 2 atom stereocenters. The van der Waals surface area contributed by atoms with Crippen molar-refractivity contribution in [2.45, 2.75) is 76.9 Å². The van der Waals surface area contributed by atoms with Crippen molar-refractivity contribution < 1.29 is 28.2 Å². The minimum absolute atomic E-state index is 0.155. The monoisotopic (exact) mass is 525 g/mol. The highest BCUT2D eigenvalue weighted by Gasteiger charge is 2.58. The smallest absolute Gasteiger partial charge is 0.326 e. The summed E-state index contributed by atoms with van der Waals surface area (Å²) in [6.45, 7) is 7.23. The van der Waals surface area contributed by atoms with E-state index in [-0.39, 0.29) is 19.4 Å². The molecule has 1 saturated carbocycles. The first-order valence-electron chi connectivity index (χ1n) is 13.5. The van der Waals surface area contributed by atoms with Crippen LogP contribution < -0.4 is 10.6 Å². The van der Waals surface area contributed by atoms with Gasteiger partial charge in [-0.1, -0.05) is 6.07 Å². The summed E-state index contributed by atoms with van der Waals surface area (Å²) in [4.78, 5) is 32.4. The largest absolute Gasteiger partial charge is 0.480 e. The number of urea groups is 1. The number of hydrogen-bond acceptors (Lipinski definition) is 6. The van der Waals surface area contributed by atoms with Crippen molar-refractivity contribution in [2.75, 3.05) is 51.2 Å². The lowest BCUT2D eigenvalue weighted by molar-refractivity contribution is -0.139. The molecule has 2 heterocycles. The fourth-order valence-electron chi connectivity index (χ4n) is 4.50. The SMILES string of the molecule is CCN(CC)C(=O)N[C@@H](CCN(CCCCc1ccc2c(n1)NCCC2)CCOC1CC1(F)F)C(=O)O. The van der Waals surface area contributed by atoms with Crippen LogP contribution in [0.15, 0.2) is 12.1 Å². The van der Waals surface area contributed by atoms with Crippen LogP contribution in [0.1, 0.15) is 57.2 Å². The van der Waals surface area contributed by atoms with E-state index in [4.69, 9.17) is 9.72 Å². The number of aromatic nitrogens is 1. The molecule has 2 amide bonds. The molecule has 0 saturated heterocycles. The van der Waals surface area contributed by atoms with Crippen molar-refractivity contribution in [1.29, 1.82) is 0 Å². The number of anilines is 1. The number of ether oxygens (including phenoxy) is 1. The first-order chi connectivity index (χ1) is 17.7. The van der Waals surface area contributed by atoms with Gasteiger partial charge in [0.25, 0.3) is 5.92 Å². The van der Waals surface area contributed by atoms with E-state index in [0.717, 1.165) is 50.2 Å². The van der Waals surface area contributed by atoms with Gasteiger partial charge in [-0.3, -0.25) is 0 Å². The molecule has 208 valence electrons. The van der Waals surface area contributed by atoms with E-state index in [9.17, 15) is 23.5 Å². The van der Waals surface area contributed by atoms with Crippen LogP contribution in [0.25, 0.3) is 0 Å². The minimum atomic E-state index is -2.73. The van der Waals surface area contributed by atoms with Gasteiger partial charge in [0, 0.05) is 44.8 Å². The third-order valence-electron chi connectivity index (χ3n) is 6.98. The average Bonchev–Trinajstić information content (AvgIpc) is 3.49. The minimum Gasteiger partial charge on any atom is -0.480 e. The lowest BCUT2D eigenvalue weighted by atomic mass is 10.1. The highest BCUT2D eigenvalue weighted by molar-refractivity contribution is 5.82. The molecule has 1 aliphatic carbocycles. The molecular formula is C26H41F2N5O4. The summed E-state index contributed by atoms with van der Waals surface area (Å²) in [5.41, 5.74) is 2.28. The summed E-state index contributed by atoms with van der Waals surface area (Å²) in [6.07, 6.45) is 3.68. The summed E-state index contributed by atoms with van der Waals surface area (Å²) >= 11 is 0. The van der Waals surface area contributed by atoms with E-state index in [1.807, 2.05) is 18.7 Å². The summed E-state index contributed by atoms with van der Waals surface area (Å²) in [5.74, 6) is -2.85. The van der Waals surface area contributed by atoms with Gasteiger partial charge in [0.15, 0.2) is 0 Å². The Kier molecular flexibility index (Phi) is 10.9. The van der Waals surface area contributed by atoms with Gasteiger partial charge < -0.3 is 30.3 Å². The normalized spacial score (nSPS) is 18.6. The fourth-order valence-corrected chi connectivity index (χ4v) is 4.50. The van der Waals surface area contributed by atoms with Crippen molar-refractivity contribution in [3.63, 3.8) is 0 Å². The van der Waals surface area contributed by atoms with Crippen molar-refractivity contribution in [3.8, 4) is 0 Å². The quantitative estimate of drug-likeness (QED) is 0.284. The zero-order valence-corrected chi connectivity index (χ0v) is 22.0. The number of rotatable bonds is 16. The predicted octanol–water partition coefficient (Wildman–Crippen LogP) is 3.38. The Balaban J connectivity index is 1.48. The molecule has 1 aromatic heterocycles. The fraction of sp³-hybridized carbons (Fsp3) is 0.731. The number of fused-ring (bicyclic) bond motifs is 1. The molecule has 0 bridgehead atoms. The topological polar surface area (TPSA) is 107 Å². The number of amides is 2. The van der Waals surface area contributed by atoms with E-state index in [1.165, 1.54) is 10.5 Å². The van der Waals surface area contributed by atoms with Gasteiger partial charge in [-0.05, 0) is 70.5 Å². The van der Waals surface area contributed by atoms with Gasteiger partial charge >= 0.3 is 12.0 Å². The summed E-state index contributed by atoms with van der Waals surface area (Å²) < 4.78 is 31.6. The Morgan fingerprint density at radius 2 is 2.00 bits per heavy atom. The zero-order chi connectivity index (χ0) is 26.8. The summed E-state index contributed by atoms with van der Waals surface area (Å²) in [7, 11) is 0. The molecule has 0 radical (unpaired) electrons. The first-order valence-corrected chi connectivity index (χ1v) is 13.5. The maximum Gasteiger partial charge on any atom is 0.326 e. The maximum absolute atomic E-state index is 13.2. The predicted molar refractivity (Wildman–Crippen MR) is 137 cm³/mol. The van der Waals surface area contributed by atoms with Crippen LogP contribution in [-0.4, -0.2) is 95.8 Å². The van der Waals surface area contributed by atoms with Crippen LogP contribution in [0.5, 0.6) is 0 Å². The Morgan fingerprint density at radius 1 is 1.24 bits per heavy atom. The molecule has 11 heteroatoms.